The van der Waals surface area contributed by atoms with Crippen LogP contribution in [0.25, 0.3) is 33.4 Å². The molecule has 0 fully saturated rings. The molecule has 0 spiro atoms. The van der Waals surface area contributed by atoms with Crippen molar-refractivity contribution in [2.45, 2.75) is 13.8 Å². The molecule has 32 heavy (non-hydrogen) atoms. The fourth-order valence-electron chi connectivity index (χ4n) is 3.76. The quantitative estimate of drug-likeness (QED) is 0.406. The minimum atomic E-state index is -0.217. The largest absolute Gasteiger partial charge is 0.354 e. The van der Waals surface area contributed by atoms with Crippen LogP contribution in [0.5, 0.6) is 0 Å². The predicted molar refractivity (Wildman–Crippen MR) is 127 cm³/mol. The summed E-state index contributed by atoms with van der Waals surface area (Å²) in [6.07, 6.45) is 1.66. The molecule has 0 atom stereocenters. The third kappa shape index (κ3) is 3.56. The van der Waals surface area contributed by atoms with Crippen molar-refractivity contribution in [3.05, 3.63) is 94.5 Å². The van der Waals surface area contributed by atoms with E-state index >= 15 is 0 Å². The lowest BCUT2D eigenvalue weighted by atomic mass is 9.99. The third-order valence-corrected chi connectivity index (χ3v) is 5.51. The molecule has 158 valence electrons. The van der Waals surface area contributed by atoms with Crippen molar-refractivity contribution in [1.29, 1.82) is 0 Å². The minimum absolute atomic E-state index is 0.175. The third-order valence-electron chi connectivity index (χ3n) is 5.51. The highest BCUT2D eigenvalue weighted by atomic mass is 16.5. The maximum Gasteiger partial charge on any atom is 0.258 e. The first-order valence-electron chi connectivity index (χ1n) is 10.8. The van der Waals surface area contributed by atoms with Crippen LogP contribution in [0.1, 0.15) is 12.6 Å². The van der Waals surface area contributed by atoms with Gasteiger partial charge in [0.15, 0.2) is 11.6 Å². The van der Waals surface area contributed by atoms with Gasteiger partial charge in [-0.05, 0) is 49.2 Å². The van der Waals surface area contributed by atoms with E-state index in [-0.39, 0.29) is 11.6 Å². The summed E-state index contributed by atoms with van der Waals surface area (Å²) in [5.41, 5.74) is 4.90. The van der Waals surface area contributed by atoms with Gasteiger partial charge < -0.3 is 14.4 Å². The maximum absolute atomic E-state index is 13.3. The van der Waals surface area contributed by atoms with Crippen molar-refractivity contribution in [1.82, 2.24) is 14.7 Å². The van der Waals surface area contributed by atoms with Crippen LogP contribution in [0.2, 0.25) is 0 Å². The van der Waals surface area contributed by atoms with E-state index in [0.717, 1.165) is 22.5 Å². The number of nitrogens with one attached hydrogen (secondary N) is 1. The van der Waals surface area contributed by atoms with Gasteiger partial charge in [0, 0.05) is 47.2 Å². The number of aryl methyl sites for hydroxylation is 3. The smallest absolute Gasteiger partial charge is 0.258 e. The Balaban J connectivity index is 1.57. The number of pyridine rings is 2. The van der Waals surface area contributed by atoms with E-state index in [0.29, 0.717) is 33.6 Å². The van der Waals surface area contributed by atoms with Gasteiger partial charge in [0.2, 0.25) is 0 Å². The van der Waals surface area contributed by atoms with Crippen molar-refractivity contribution in [2.24, 2.45) is 7.05 Å². The van der Waals surface area contributed by atoms with Crippen LogP contribution in [0.4, 0.5) is 11.5 Å². The van der Waals surface area contributed by atoms with Crippen LogP contribution in [-0.2, 0) is 7.05 Å². The molecule has 0 amide bonds. The molecule has 2 aromatic carbocycles. The monoisotopic (exact) mass is 423 g/mol. The second-order valence-electron chi connectivity index (χ2n) is 7.80. The Kier molecular flexibility index (Phi) is 4.53. The van der Waals surface area contributed by atoms with Crippen LogP contribution in [0, 0.1) is 13.8 Å². The number of nitrogens with zero attached hydrogens (tertiary/aromatic N) is 3. The van der Waals surface area contributed by atoms with Gasteiger partial charge in [0.05, 0.1) is 6.89 Å². The summed E-state index contributed by atoms with van der Waals surface area (Å²) in [5.74, 6) is 1.21. The fourth-order valence-corrected chi connectivity index (χ4v) is 3.76. The van der Waals surface area contributed by atoms with Gasteiger partial charge in [-0.2, -0.15) is 0 Å². The lowest BCUT2D eigenvalue weighted by Crippen LogP contribution is -2.19. The summed E-state index contributed by atoms with van der Waals surface area (Å²) in [5, 5.41) is 7.99. The Hall–Kier alpha value is -4.19. The Bertz CT molecular complexity index is 1550. The molecule has 0 unspecified atom stereocenters. The van der Waals surface area contributed by atoms with Gasteiger partial charge in [-0.3, -0.25) is 9.78 Å². The maximum atomic E-state index is 13.3. The summed E-state index contributed by atoms with van der Waals surface area (Å²) >= 11 is 0. The summed E-state index contributed by atoms with van der Waals surface area (Å²) in [6, 6.07) is 19.3. The molecule has 5 aromatic rings. The molecule has 0 aliphatic heterocycles. The molecular weight excluding hydrogens is 400 g/mol. The zero-order valence-electron chi connectivity index (χ0n) is 19.0. The molecule has 0 aliphatic rings. The van der Waals surface area contributed by atoms with Gasteiger partial charge in [0.1, 0.15) is 0 Å². The van der Waals surface area contributed by atoms with Crippen LogP contribution in [-0.4, -0.2) is 14.7 Å². The molecule has 6 nitrogen and oxygen atoms in total. The van der Waals surface area contributed by atoms with E-state index in [9.17, 15) is 4.79 Å². The molecule has 3 aromatic heterocycles. The minimum Gasteiger partial charge on any atom is -0.354 e. The van der Waals surface area contributed by atoms with Crippen LogP contribution < -0.4 is 10.9 Å². The molecule has 0 saturated heterocycles. The number of aromatic nitrogens is 3. The Morgan fingerprint density at radius 1 is 1.03 bits per heavy atom. The molecule has 3 heterocycles. The Morgan fingerprint density at radius 2 is 1.84 bits per heavy atom. The van der Waals surface area contributed by atoms with Crippen molar-refractivity contribution in [3.63, 3.8) is 0 Å². The molecule has 0 bridgehead atoms. The molecule has 0 radical (unpaired) electrons. The summed E-state index contributed by atoms with van der Waals surface area (Å²) in [4.78, 5) is 17.6. The first kappa shape index (κ1) is 18.6. The van der Waals surface area contributed by atoms with E-state index in [1.54, 1.807) is 17.8 Å². The lowest BCUT2D eigenvalue weighted by Gasteiger charge is -2.13. The van der Waals surface area contributed by atoms with Crippen molar-refractivity contribution >= 4 is 22.4 Å². The van der Waals surface area contributed by atoms with E-state index in [1.807, 2.05) is 74.5 Å². The topological polar surface area (TPSA) is 73.0 Å². The second kappa shape index (κ2) is 7.81. The average molecular weight is 423 g/mol. The van der Waals surface area contributed by atoms with Gasteiger partial charge in [0.25, 0.3) is 5.56 Å². The van der Waals surface area contributed by atoms with E-state index in [1.165, 1.54) is 0 Å². The number of hydrogen-bond acceptors (Lipinski definition) is 5. The highest BCUT2D eigenvalue weighted by molar-refractivity contribution is 5.85. The summed E-state index contributed by atoms with van der Waals surface area (Å²) in [7, 11) is 1.73. The molecular formula is C26H22N4O2. The molecule has 1 N–H and O–H groups in total. The van der Waals surface area contributed by atoms with Gasteiger partial charge in [-0.15, -0.1) is 0 Å². The van der Waals surface area contributed by atoms with Crippen molar-refractivity contribution in [2.75, 3.05) is 5.32 Å². The van der Waals surface area contributed by atoms with Gasteiger partial charge in [-0.1, -0.05) is 41.6 Å². The first-order chi connectivity index (χ1) is 15.9. The summed E-state index contributed by atoms with van der Waals surface area (Å²) < 4.78 is 15.8. The normalized spacial score (nSPS) is 11.5. The molecule has 0 saturated carbocycles. The lowest BCUT2D eigenvalue weighted by molar-refractivity contribution is 0.435. The summed E-state index contributed by atoms with van der Waals surface area (Å²) in [6.45, 7) is 3.80. The number of anilines is 2. The Labute approximate surface area is 186 Å². The molecule has 6 heteroatoms. The predicted octanol–water partition coefficient (Wildman–Crippen LogP) is 5.62. The Morgan fingerprint density at radius 3 is 2.66 bits per heavy atom. The number of benzene rings is 2. The standard InChI is InChI=1S/C26H22N4O2/c1-16-9-10-20(28-25-14-24(32-29-25)18-7-5-4-6-8-18)13-21(16)22-12-19-15-27-17(2)11-23(19)30(3)26(22)31/h4-15H,1-3H3,(H,28,29)/i12D. The van der Waals surface area contributed by atoms with E-state index < -0.39 is 0 Å². The van der Waals surface area contributed by atoms with Crippen LogP contribution in [0.15, 0.2) is 82.2 Å². The average Bonchev–Trinajstić information content (AvgIpc) is 3.29. The van der Waals surface area contributed by atoms with Gasteiger partial charge in [-0.25, -0.2) is 0 Å². The number of fused-ring (bicyclic) bond motifs is 1. The first-order valence-corrected chi connectivity index (χ1v) is 10.3. The zero-order valence-corrected chi connectivity index (χ0v) is 18.0. The highest BCUT2D eigenvalue weighted by Gasteiger charge is 2.13. The number of rotatable bonds is 4. The molecule has 0 aliphatic carbocycles. The van der Waals surface area contributed by atoms with E-state index in [4.69, 9.17) is 5.89 Å². The fraction of sp³-hybridized carbons (Fsp3) is 0.115. The SMILES string of the molecule is [2H]c1c(-c2cc(Nc3cc(-c4ccccc4)on3)ccc2C)c(=O)n(C)c2cc(C)ncc12. The van der Waals surface area contributed by atoms with Crippen molar-refractivity contribution in [3.8, 4) is 22.5 Å². The van der Waals surface area contributed by atoms with Crippen molar-refractivity contribution < 1.29 is 5.89 Å². The number of hydrogen-bond donors (Lipinski definition) is 1. The van der Waals surface area contributed by atoms with Crippen LogP contribution >= 0.6 is 0 Å². The van der Waals surface area contributed by atoms with Crippen LogP contribution in [0.3, 0.4) is 0 Å². The van der Waals surface area contributed by atoms with E-state index in [2.05, 4.69) is 15.5 Å². The molecule has 5 rings (SSSR count). The second-order valence-corrected chi connectivity index (χ2v) is 7.80. The highest BCUT2D eigenvalue weighted by Crippen LogP contribution is 2.29. The zero-order chi connectivity index (χ0) is 23.1. The van der Waals surface area contributed by atoms with Gasteiger partial charge >= 0.3 is 0 Å².